The van der Waals surface area contributed by atoms with E-state index in [1.807, 2.05) is 6.92 Å². The average Bonchev–Trinajstić information content (AvgIpc) is 2.58. The molecule has 1 amide bonds. The topological polar surface area (TPSA) is 93.4 Å². The number of hydrogen-bond acceptors (Lipinski definition) is 6. The second-order valence-corrected chi connectivity index (χ2v) is 6.37. The first-order chi connectivity index (χ1) is 12.0. The molecule has 25 heavy (non-hydrogen) atoms. The lowest BCUT2D eigenvalue weighted by molar-refractivity contribution is -0.121. The zero-order chi connectivity index (χ0) is 17.8. The molecule has 132 valence electrons. The van der Waals surface area contributed by atoms with Crippen LogP contribution in [0.25, 0.3) is 0 Å². The molecule has 0 spiro atoms. The Hall–Kier alpha value is -2.67. The van der Waals surface area contributed by atoms with E-state index in [2.05, 4.69) is 27.2 Å². The highest BCUT2D eigenvalue weighted by Crippen LogP contribution is 2.26. The van der Waals surface area contributed by atoms with Crippen molar-refractivity contribution in [3.8, 4) is 11.5 Å². The molecule has 0 saturated carbocycles. The molecule has 3 N–H and O–H groups in total. The van der Waals surface area contributed by atoms with Gasteiger partial charge in [0.2, 0.25) is 5.91 Å². The zero-order valence-electron chi connectivity index (χ0n) is 14.5. The summed E-state index contributed by atoms with van der Waals surface area (Å²) >= 11 is 0. The van der Waals surface area contributed by atoms with Gasteiger partial charge in [0.15, 0.2) is 0 Å². The molecule has 3 heterocycles. The van der Waals surface area contributed by atoms with E-state index in [1.54, 1.807) is 30.5 Å². The Kier molecular flexibility index (Phi) is 5.14. The number of nitrogens with one attached hydrogen (secondary N) is 1. The number of carbonyl (C=O) groups is 1. The van der Waals surface area contributed by atoms with Crippen LogP contribution < -0.4 is 15.8 Å². The number of ether oxygens (including phenoxy) is 1. The Bertz CT molecular complexity index is 757. The summed E-state index contributed by atoms with van der Waals surface area (Å²) in [4.78, 5) is 23.0. The van der Waals surface area contributed by atoms with Gasteiger partial charge in [0.1, 0.15) is 23.1 Å². The number of nitrogens with zero attached hydrogens (tertiary/aromatic N) is 3. The Balaban J connectivity index is 1.66. The molecule has 1 fully saturated rings. The molecular formula is C18H23N5O2. The fourth-order valence-corrected chi connectivity index (χ4v) is 2.84. The van der Waals surface area contributed by atoms with Crippen LogP contribution in [-0.2, 0) is 4.79 Å². The van der Waals surface area contributed by atoms with Crippen LogP contribution >= 0.6 is 0 Å². The Labute approximate surface area is 147 Å². The zero-order valence-corrected chi connectivity index (χ0v) is 14.5. The van der Waals surface area contributed by atoms with Crippen molar-refractivity contribution in [3.63, 3.8) is 0 Å². The maximum atomic E-state index is 12.4. The Morgan fingerprint density at radius 2 is 2.08 bits per heavy atom. The molecule has 3 rings (SSSR count). The first-order valence-electron chi connectivity index (χ1n) is 8.37. The lowest BCUT2D eigenvalue weighted by atomic mass is 9.96. The summed E-state index contributed by atoms with van der Waals surface area (Å²) < 4.78 is 5.83. The van der Waals surface area contributed by atoms with Crippen molar-refractivity contribution in [1.29, 1.82) is 0 Å². The summed E-state index contributed by atoms with van der Waals surface area (Å²) in [7, 11) is 2.07. The summed E-state index contributed by atoms with van der Waals surface area (Å²) in [6, 6.07) is 6.91. The number of rotatable bonds is 4. The van der Waals surface area contributed by atoms with Crippen LogP contribution in [0.3, 0.4) is 0 Å². The van der Waals surface area contributed by atoms with E-state index < -0.39 is 0 Å². The number of carbonyl (C=O) groups excluding carboxylic acids is 1. The van der Waals surface area contributed by atoms with E-state index in [9.17, 15) is 4.79 Å². The number of piperidine rings is 1. The normalized spacial score (nSPS) is 15.8. The lowest BCUT2D eigenvalue weighted by Gasteiger charge is -2.27. The second kappa shape index (κ2) is 7.48. The first-order valence-corrected chi connectivity index (χ1v) is 8.37. The third-order valence-electron chi connectivity index (χ3n) is 4.36. The molecular weight excluding hydrogens is 318 g/mol. The highest BCUT2D eigenvalue weighted by molar-refractivity contribution is 5.91. The standard InChI is InChI=1S/C18H23N5O2/c1-12-15(3-4-16(19)21-12)25-14-5-8-20-17(11-14)22-18(24)13-6-9-23(2)10-7-13/h3-5,8,11,13H,6-7,9-10H2,1-2H3,(H2,19,21)(H,20,22,24). The van der Waals surface area contributed by atoms with Crippen molar-refractivity contribution in [2.24, 2.45) is 5.92 Å². The highest BCUT2D eigenvalue weighted by atomic mass is 16.5. The van der Waals surface area contributed by atoms with Crippen LogP contribution in [0, 0.1) is 12.8 Å². The molecule has 1 aliphatic rings. The predicted molar refractivity (Wildman–Crippen MR) is 96.5 cm³/mol. The van der Waals surface area contributed by atoms with Gasteiger partial charge in [-0.3, -0.25) is 4.79 Å². The van der Waals surface area contributed by atoms with Gasteiger partial charge in [-0.1, -0.05) is 0 Å². The molecule has 1 aliphatic heterocycles. The van der Waals surface area contributed by atoms with E-state index in [-0.39, 0.29) is 11.8 Å². The number of nitrogens with two attached hydrogens (primary N) is 1. The molecule has 2 aromatic heterocycles. The van der Waals surface area contributed by atoms with Gasteiger partial charge in [-0.25, -0.2) is 9.97 Å². The van der Waals surface area contributed by atoms with Crippen molar-refractivity contribution in [1.82, 2.24) is 14.9 Å². The molecule has 2 aromatic rings. The summed E-state index contributed by atoms with van der Waals surface area (Å²) in [5.41, 5.74) is 6.35. The van der Waals surface area contributed by atoms with Gasteiger partial charge in [0, 0.05) is 18.2 Å². The number of hydrogen-bond donors (Lipinski definition) is 2. The average molecular weight is 341 g/mol. The summed E-state index contributed by atoms with van der Waals surface area (Å²) in [6.07, 6.45) is 3.35. The van der Waals surface area contributed by atoms with Gasteiger partial charge < -0.3 is 20.7 Å². The first kappa shape index (κ1) is 17.2. The van der Waals surface area contributed by atoms with E-state index in [0.717, 1.165) is 25.9 Å². The molecule has 0 aromatic carbocycles. The maximum absolute atomic E-state index is 12.4. The number of anilines is 2. The number of pyridine rings is 2. The van der Waals surface area contributed by atoms with Crippen molar-refractivity contribution in [2.45, 2.75) is 19.8 Å². The molecule has 7 nitrogen and oxygen atoms in total. The predicted octanol–water partition coefficient (Wildman–Crippen LogP) is 2.44. The van der Waals surface area contributed by atoms with Crippen LogP contribution in [-0.4, -0.2) is 40.9 Å². The van der Waals surface area contributed by atoms with Gasteiger partial charge in [-0.05, 0) is 58.1 Å². The van der Waals surface area contributed by atoms with Gasteiger partial charge in [0.25, 0.3) is 0 Å². The lowest BCUT2D eigenvalue weighted by Crippen LogP contribution is -2.36. The van der Waals surface area contributed by atoms with Crippen molar-refractivity contribution >= 4 is 17.5 Å². The molecule has 7 heteroatoms. The van der Waals surface area contributed by atoms with Crippen LogP contribution in [0.2, 0.25) is 0 Å². The number of aryl methyl sites for hydroxylation is 1. The molecule has 0 bridgehead atoms. The van der Waals surface area contributed by atoms with Crippen molar-refractivity contribution < 1.29 is 9.53 Å². The van der Waals surface area contributed by atoms with Crippen LogP contribution in [0.15, 0.2) is 30.5 Å². The number of likely N-dealkylation sites (tertiary alicyclic amines) is 1. The molecule has 0 radical (unpaired) electrons. The summed E-state index contributed by atoms with van der Waals surface area (Å²) in [6.45, 7) is 3.71. The monoisotopic (exact) mass is 341 g/mol. The van der Waals surface area contributed by atoms with Crippen molar-refractivity contribution in [2.75, 3.05) is 31.2 Å². The van der Waals surface area contributed by atoms with Gasteiger partial charge >= 0.3 is 0 Å². The summed E-state index contributed by atoms with van der Waals surface area (Å²) in [5, 5.41) is 2.89. The number of amides is 1. The Morgan fingerprint density at radius 1 is 1.32 bits per heavy atom. The molecule has 0 unspecified atom stereocenters. The summed E-state index contributed by atoms with van der Waals surface area (Å²) in [5.74, 6) is 2.19. The molecule has 0 aliphatic carbocycles. The van der Waals surface area contributed by atoms with Crippen LogP contribution in [0.4, 0.5) is 11.6 Å². The highest BCUT2D eigenvalue weighted by Gasteiger charge is 2.23. The van der Waals surface area contributed by atoms with Crippen LogP contribution in [0.1, 0.15) is 18.5 Å². The largest absolute Gasteiger partial charge is 0.455 e. The van der Waals surface area contributed by atoms with Gasteiger partial charge in [-0.2, -0.15) is 0 Å². The fraction of sp³-hybridized carbons (Fsp3) is 0.389. The molecule has 1 saturated heterocycles. The van der Waals surface area contributed by atoms with E-state index in [0.29, 0.717) is 28.8 Å². The Morgan fingerprint density at radius 3 is 2.80 bits per heavy atom. The minimum Gasteiger partial charge on any atom is -0.455 e. The number of nitrogen functional groups attached to an aromatic ring is 1. The van der Waals surface area contributed by atoms with E-state index >= 15 is 0 Å². The minimum atomic E-state index is 0.0167. The van der Waals surface area contributed by atoms with Gasteiger partial charge in [0.05, 0.1) is 5.69 Å². The van der Waals surface area contributed by atoms with Crippen molar-refractivity contribution in [3.05, 3.63) is 36.2 Å². The van der Waals surface area contributed by atoms with Gasteiger partial charge in [-0.15, -0.1) is 0 Å². The molecule has 0 atom stereocenters. The third kappa shape index (κ3) is 4.45. The quantitative estimate of drug-likeness (QED) is 0.887. The maximum Gasteiger partial charge on any atom is 0.228 e. The fourth-order valence-electron chi connectivity index (χ4n) is 2.84. The SMILES string of the molecule is Cc1nc(N)ccc1Oc1ccnc(NC(=O)C2CCN(C)CC2)c1. The number of aromatic nitrogens is 2. The van der Waals surface area contributed by atoms with E-state index in [4.69, 9.17) is 10.5 Å². The minimum absolute atomic E-state index is 0.0167. The second-order valence-electron chi connectivity index (χ2n) is 6.37. The third-order valence-corrected chi connectivity index (χ3v) is 4.36. The van der Waals surface area contributed by atoms with Crippen LogP contribution in [0.5, 0.6) is 11.5 Å². The van der Waals surface area contributed by atoms with E-state index in [1.165, 1.54) is 0 Å². The smallest absolute Gasteiger partial charge is 0.228 e.